The average Bonchev–Trinajstić information content (AvgIpc) is 2.17. The SMILES string of the molecule is [CH2]CC1CCc2ccccc2O1. The molecule has 0 saturated carbocycles. The van der Waals surface area contributed by atoms with Gasteiger partial charge in [0, 0.05) is 0 Å². The Morgan fingerprint density at radius 1 is 1.42 bits per heavy atom. The Hall–Kier alpha value is -0.980. The first-order chi connectivity index (χ1) is 5.90. The number of fused-ring (bicyclic) bond motifs is 1. The Morgan fingerprint density at radius 2 is 2.25 bits per heavy atom. The molecule has 0 saturated heterocycles. The van der Waals surface area contributed by atoms with Crippen molar-refractivity contribution in [2.24, 2.45) is 0 Å². The second kappa shape index (κ2) is 3.18. The van der Waals surface area contributed by atoms with Gasteiger partial charge in [0.15, 0.2) is 0 Å². The molecule has 1 aromatic rings. The summed E-state index contributed by atoms with van der Waals surface area (Å²) in [5.74, 6) is 1.05. The van der Waals surface area contributed by atoms with Crippen LogP contribution in [0.1, 0.15) is 18.4 Å². The molecule has 2 rings (SSSR count). The van der Waals surface area contributed by atoms with Gasteiger partial charge in [-0.1, -0.05) is 18.2 Å². The lowest BCUT2D eigenvalue weighted by Crippen LogP contribution is -2.21. The van der Waals surface area contributed by atoms with E-state index in [1.165, 1.54) is 5.56 Å². The van der Waals surface area contributed by atoms with Crippen LogP contribution in [0.25, 0.3) is 0 Å². The van der Waals surface area contributed by atoms with Gasteiger partial charge in [0.05, 0.1) is 6.10 Å². The zero-order chi connectivity index (χ0) is 8.39. The standard InChI is InChI=1S/C11H13O/c1-2-10-8-7-9-5-3-4-6-11(9)12-10/h3-6,10H,1-2,7-8H2. The molecule has 0 aromatic heterocycles. The molecule has 1 heterocycles. The zero-order valence-corrected chi connectivity index (χ0v) is 7.12. The number of rotatable bonds is 1. The smallest absolute Gasteiger partial charge is 0.122 e. The molecule has 0 amide bonds. The molecule has 0 bridgehead atoms. The van der Waals surface area contributed by atoms with Crippen molar-refractivity contribution in [2.45, 2.75) is 25.4 Å². The fourth-order valence-corrected chi connectivity index (χ4v) is 1.58. The molecular formula is C11H13O. The molecule has 1 unspecified atom stereocenters. The van der Waals surface area contributed by atoms with Gasteiger partial charge in [0.2, 0.25) is 0 Å². The zero-order valence-electron chi connectivity index (χ0n) is 7.12. The topological polar surface area (TPSA) is 9.23 Å². The maximum absolute atomic E-state index is 5.72. The molecule has 1 aromatic carbocycles. The highest BCUT2D eigenvalue weighted by Crippen LogP contribution is 2.27. The van der Waals surface area contributed by atoms with Gasteiger partial charge < -0.3 is 4.74 Å². The van der Waals surface area contributed by atoms with Crippen molar-refractivity contribution >= 4 is 0 Å². The summed E-state index contributed by atoms with van der Waals surface area (Å²) in [5, 5.41) is 0. The van der Waals surface area contributed by atoms with Crippen molar-refractivity contribution in [2.75, 3.05) is 0 Å². The molecule has 1 atom stereocenters. The van der Waals surface area contributed by atoms with Crippen LogP contribution in [0.15, 0.2) is 24.3 Å². The van der Waals surface area contributed by atoms with Crippen molar-refractivity contribution in [1.29, 1.82) is 0 Å². The molecule has 63 valence electrons. The van der Waals surface area contributed by atoms with Gasteiger partial charge in [0.1, 0.15) is 5.75 Å². The first-order valence-electron chi connectivity index (χ1n) is 4.44. The highest BCUT2D eigenvalue weighted by atomic mass is 16.5. The highest BCUT2D eigenvalue weighted by molar-refractivity contribution is 5.35. The van der Waals surface area contributed by atoms with E-state index in [2.05, 4.69) is 19.1 Å². The lowest BCUT2D eigenvalue weighted by Gasteiger charge is -2.24. The lowest BCUT2D eigenvalue weighted by atomic mass is 10.0. The van der Waals surface area contributed by atoms with Gasteiger partial charge >= 0.3 is 0 Å². The summed E-state index contributed by atoms with van der Waals surface area (Å²) in [6.45, 7) is 3.86. The summed E-state index contributed by atoms with van der Waals surface area (Å²) in [6.07, 6.45) is 3.45. The van der Waals surface area contributed by atoms with E-state index in [1.807, 2.05) is 12.1 Å². The van der Waals surface area contributed by atoms with E-state index < -0.39 is 0 Å². The summed E-state index contributed by atoms with van der Waals surface area (Å²) in [6, 6.07) is 8.25. The van der Waals surface area contributed by atoms with Crippen LogP contribution in [0.4, 0.5) is 0 Å². The highest BCUT2D eigenvalue weighted by Gasteiger charge is 2.16. The Morgan fingerprint density at radius 3 is 3.08 bits per heavy atom. The summed E-state index contributed by atoms with van der Waals surface area (Å²) in [4.78, 5) is 0. The summed E-state index contributed by atoms with van der Waals surface area (Å²) >= 11 is 0. The monoisotopic (exact) mass is 161 g/mol. The Kier molecular flexibility index (Phi) is 2.03. The van der Waals surface area contributed by atoms with Crippen LogP contribution < -0.4 is 4.74 Å². The number of para-hydroxylation sites is 1. The van der Waals surface area contributed by atoms with Gasteiger partial charge in [-0.25, -0.2) is 0 Å². The van der Waals surface area contributed by atoms with Crippen molar-refractivity contribution in [3.8, 4) is 5.75 Å². The Labute approximate surface area is 73.4 Å². The van der Waals surface area contributed by atoms with Crippen LogP contribution in [0.5, 0.6) is 5.75 Å². The summed E-state index contributed by atoms with van der Waals surface area (Å²) in [5.41, 5.74) is 1.34. The van der Waals surface area contributed by atoms with Crippen molar-refractivity contribution in [3.05, 3.63) is 36.8 Å². The molecule has 12 heavy (non-hydrogen) atoms. The van der Waals surface area contributed by atoms with Gasteiger partial charge in [-0.2, -0.15) is 0 Å². The molecule has 0 N–H and O–H groups in total. The Bertz CT molecular complexity index is 267. The van der Waals surface area contributed by atoms with E-state index in [1.54, 1.807) is 0 Å². The molecule has 0 fully saturated rings. The number of benzene rings is 1. The normalized spacial score (nSPS) is 21.2. The average molecular weight is 161 g/mol. The van der Waals surface area contributed by atoms with E-state index in [0.717, 1.165) is 25.0 Å². The summed E-state index contributed by atoms with van der Waals surface area (Å²) in [7, 11) is 0. The summed E-state index contributed by atoms with van der Waals surface area (Å²) < 4.78 is 5.72. The molecule has 1 nitrogen and oxygen atoms in total. The first-order valence-corrected chi connectivity index (χ1v) is 4.44. The fraction of sp³-hybridized carbons (Fsp3) is 0.364. The van der Waals surface area contributed by atoms with Crippen LogP contribution >= 0.6 is 0 Å². The maximum Gasteiger partial charge on any atom is 0.122 e. The van der Waals surface area contributed by atoms with Crippen molar-refractivity contribution in [1.82, 2.24) is 0 Å². The second-order valence-corrected chi connectivity index (χ2v) is 3.17. The molecule has 1 radical (unpaired) electrons. The molecule has 1 aliphatic heterocycles. The minimum Gasteiger partial charge on any atom is -0.490 e. The first kappa shape index (κ1) is 7.66. The quantitative estimate of drug-likeness (QED) is 0.615. The van der Waals surface area contributed by atoms with Crippen LogP contribution in [-0.2, 0) is 6.42 Å². The van der Waals surface area contributed by atoms with Gasteiger partial charge in [-0.15, -0.1) is 0 Å². The number of hydrogen-bond donors (Lipinski definition) is 0. The minimum absolute atomic E-state index is 0.333. The van der Waals surface area contributed by atoms with Gasteiger partial charge in [-0.05, 0) is 37.8 Å². The van der Waals surface area contributed by atoms with E-state index >= 15 is 0 Å². The third kappa shape index (κ3) is 1.31. The van der Waals surface area contributed by atoms with Crippen LogP contribution in [0, 0.1) is 6.92 Å². The molecule has 0 spiro atoms. The third-order valence-corrected chi connectivity index (χ3v) is 2.32. The fourth-order valence-electron chi connectivity index (χ4n) is 1.58. The van der Waals surface area contributed by atoms with Crippen molar-refractivity contribution < 1.29 is 4.74 Å². The Balaban J connectivity index is 2.23. The maximum atomic E-state index is 5.72. The third-order valence-electron chi connectivity index (χ3n) is 2.32. The minimum atomic E-state index is 0.333. The molecule has 1 aliphatic rings. The van der Waals surface area contributed by atoms with Crippen LogP contribution in [0.2, 0.25) is 0 Å². The molecule has 1 heteroatoms. The predicted molar refractivity (Wildman–Crippen MR) is 49.2 cm³/mol. The molecule has 0 aliphatic carbocycles. The van der Waals surface area contributed by atoms with Crippen LogP contribution in [-0.4, -0.2) is 6.10 Å². The van der Waals surface area contributed by atoms with E-state index in [-0.39, 0.29) is 0 Å². The van der Waals surface area contributed by atoms with Crippen molar-refractivity contribution in [3.63, 3.8) is 0 Å². The van der Waals surface area contributed by atoms with Gasteiger partial charge in [-0.3, -0.25) is 0 Å². The molecular weight excluding hydrogens is 148 g/mol. The van der Waals surface area contributed by atoms with E-state index in [4.69, 9.17) is 4.74 Å². The van der Waals surface area contributed by atoms with Crippen LogP contribution in [0.3, 0.4) is 0 Å². The second-order valence-electron chi connectivity index (χ2n) is 3.17. The number of ether oxygens (including phenoxy) is 1. The lowest BCUT2D eigenvalue weighted by molar-refractivity contribution is 0.176. The van der Waals surface area contributed by atoms with E-state index in [0.29, 0.717) is 6.10 Å². The number of aryl methyl sites for hydroxylation is 1. The van der Waals surface area contributed by atoms with Gasteiger partial charge in [0.25, 0.3) is 0 Å². The largest absolute Gasteiger partial charge is 0.490 e. The van der Waals surface area contributed by atoms with E-state index in [9.17, 15) is 0 Å². The number of hydrogen-bond acceptors (Lipinski definition) is 1. The predicted octanol–water partition coefficient (Wildman–Crippen LogP) is 2.60.